The predicted molar refractivity (Wildman–Crippen MR) is 117 cm³/mol. The molecule has 2 aromatic rings. The van der Waals surface area contributed by atoms with Crippen molar-refractivity contribution < 1.29 is 14.3 Å². The van der Waals surface area contributed by atoms with Gasteiger partial charge in [0.2, 0.25) is 5.91 Å². The van der Waals surface area contributed by atoms with E-state index in [1.807, 2.05) is 31.2 Å². The summed E-state index contributed by atoms with van der Waals surface area (Å²) < 4.78 is 6.46. The molecule has 5 nitrogen and oxygen atoms in total. The Morgan fingerprint density at radius 2 is 1.61 bits per heavy atom. The van der Waals surface area contributed by atoms with E-state index in [9.17, 15) is 9.59 Å². The van der Waals surface area contributed by atoms with Gasteiger partial charge in [-0.1, -0.05) is 45.9 Å². The normalized spacial score (nSPS) is 11.0. The van der Waals surface area contributed by atoms with Gasteiger partial charge in [0.05, 0.1) is 15.8 Å². The molecule has 2 rings (SSSR count). The molecule has 0 saturated heterocycles. The van der Waals surface area contributed by atoms with Crippen LogP contribution in [0.1, 0.15) is 46.1 Å². The van der Waals surface area contributed by atoms with Crippen LogP contribution in [0.25, 0.3) is 0 Å². The second-order valence-corrected chi connectivity index (χ2v) is 8.43. The van der Waals surface area contributed by atoms with Crippen molar-refractivity contribution in [2.24, 2.45) is 0 Å². The molecule has 0 fully saturated rings. The van der Waals surface area contributed by atoms with Gasteiger partial charge in [-0.3, -0.25) is 9.59 Å². The van der Waals surface area contributed by atoms with E-state index in [0.717, 1.165) is 10.9 Å². The van der Waals surface area contributed by atoms with E-state index in [-0.39, 0.29) is 23.8 Å². The van der Waals surface area contributed by atoms with Gasteiger partial charge in [0, 0.05) is 6.42 Å². The molecule has 0 aliphatic carbocycles. The van der Waals surface area contributed by atoms with Crippen LogP contribution in [0.15, 0.2) is 46.9 Å². The molecule has 0 aliphatic heterocycles. The second-order valence-electron chi connectivity index (χ2n) is 7.58. The zero-order chi connectivity index (χ0) is 20.7. The van der Waals surface area contributed by atoms with Crippen LogP contribution in [-0.4, -0.2) is 18.4 Å². The fraction of sp³-hybridized carbons (Fsp3) is 0.364. The first-order valence-corrected chi connectivity index (χ1v) is 10.1. The Hall–Kier alpha value is -2.34. The average molecular weight is 447 g/mol. The monoisotopic (exact) mass is 446 g/mol. The number of amides is 2. The maximum absolute atomic E-state index is 12.3. The van der Waals surface area contributed by atoms with Crippen molar-refractivity contribution in [3.05, 3.63) is 52.5 Å². The summed E-state index contributed by atoms with van der Waals surface area (Å²) in [6.07, 6.45) is 1.20. The topological polar surface area (TPSA) is 67.4 Å². The number of para-hydroxylation sites is 2. The van der Waals surface area contributed by atoms with Gasteiger partial charge in [-0.15, -0.1) is 0 Å². The number of benzene rings is 2. The number of rotatable bonds is 7. The average Bonchev–Trinajstić information content (AvgIpc) is 2.61. The highest BCUT2D eigenvalue weighted by Gasteiger charge is 2.16. The minimum absolute atomic E-state index is 0.0321. The third-order valence-electron chi connectivity index (χ3n) is 4.11. The second kappa shape index (κ2) is 9.73. The minimum Gasteiger partial charge on any atom is -0.483 e. The van der Waals surface area contributed by atoms with Gasteiger partial charge in [0.15, 0.2) is 6.61 Å². The van der Waals surface area contributed by atoms with Gasteiger partial charge in [0.1, 0.15) is 5.75 Å². The van der Waals surface area contributed by atoms with Gasteiger partial charge < -0.3 is 15.4 Å². The molecule has 2 N–H and O–H groups in total. The quantitative estimate of drug-likeness (QED) is 0.589. The van der Waals surface area contributed by atoms with Crippen molar-refractivity contribution >= 4 is 39.1 Å². The maximum Gasteiger partial charge on any atom is 0.262 e. The van der Waals surface area contributed by atoms with Crippen molar-refractivity contribution in [2.75, 3.05) is 17.2 Å². The predicted octanol–water partition coefficient (Wildman–Crippen LogP) is 5.50. The third-order valence-corrected chi connectivity index (χ3v) is 4.73. The molecule has 6 heteroatoms. The van der Waals surface area contributed by atoms with Crippen LogP contribution < -0.4 is 15.4 Å². The summed E-state index contributed by atoms with van der Waals surface area (Å²) in [4.78, 5) is 24.2. The summed E-state index contributed by atoms with van der Waals surface area (Å²) in [6, 6.07) is 13.0. The Kier molecular flexibility index (Phi) is 7.63. The van der Waals surface area contributed by atoms with Gasteiger partial charge in [-0.05, 0) is 57.6 Å². The highest BCUT2D eigenvalue weighted by atomic mass is 79.9. The first-order chi connectivity index (χ1) is 13.2. The van der Waals surface area contributed by atoms with Crippen molar-refractivity contribution in [2.45, 2.75) is 46.0 Å². The molecule has 0 atom stereocenters. The van der Waals surface area contributed by atoms with E-state index in [4.69, 9.17) is 4.74 Å². The van der Waals surface area contributed by atoms with Crippen molar-refractivity contribution in [3.63, 3.8) is 0 Å². The van der Waals surface area contributed by atoms with Crippen LogP contribution >= 0.6 is 15.9 Å². The zero-order valence-corrected chi connectivity index (χ0v) is 18.4. The van der Waals surface area contributed by atoms with E-state index >= 15 is 0 Å². The molecule has 2 aromatic carbocycles. The Balaban J connectivity index is 1.99. The molecule has 0 bridgehead atoms. The minimum atomic E-state index is -0.302. The lowest BCUT2D eigenvalue weighted by Gasteiger charge is -2.20. The summed E-state index contributed by atoms with van der Waals surface area (Å²) in [5.74, 6) is 0.222. The lowest BCUT2D eigenvalue weighted by Crippen LogP contribution is -2.22. The number of anilines is 2. The first-order valence-electron chi connectivity index (χ1n) is 9.32. The molecule has 2 amide bonds. The molecule has 0 heterocycles. The standard InChI is InChI=1S/C22H27BrN2O3/c1-5-8-20(26)24-17-9-6-7-10-18(17)25-21(27)14-28-19-12-11-15(13-16(19)23)22(2,3)4/h6-7,9-13H,5,8,14H2,1-4H3,(H,24,26)(H,25,27). The number of hydrogen-bond donors (Lipinski definition) is 2. The van der Waals surface area contributed by atoms with Crippen LogP contribution in [-0.2, 0) is 15.0 Å². The Labute approximate surface area is 175 Å². The first kappa shape index (κ1) is 22.0. The van der Waals surface area contributed by atoms with Crippen LogP contribution in [0.4, 0.5) is 11.4 Å². The lowest BCUT2D eigenvalue weighted by atomic mass is 9.87. The molecule has 0 spiro atoms. The van der Waals surface area contributed by atoms with Crippen molar-refractivity contribution in [3.8, 4) is 5.75 Å². The zero-order valence-electron chi connectivity index (χ0n) is 16.8. The van der Waals surface area contributed by atoms with Gasteiger partial charge in [-0.25, -0.2) is 0 Å². The molecule has 150 valence electrons. The molecule has 0 aromatic heterocycles. The van der Waals surface area contributed by atoms with E-state index in [2.05, 4.69) is 47.3 Å². The maximum atomic E-state index is 12.3. The molecule has 0 radical (unpaired) electrons. The van der Waals surface area contributed by atoms with Crippen LogP contribution in [0.5, 0.6) is 5.75 Å². The summed E-state index contributed by atoms with van der Waals surface area (Å²) in [5, 5.41) is 5.61. The number of nitrogens with one attached hydrogen (secondary N) is 2. The molecule has 0 saturated carbocycles. The van der Waals surface area contributed by atoms with Crippen molar-refractivity contribution in [1.29, 1.82) is 0 Å². The van der Waals surface area contributed by atoms with Crippen LogP contribution in [0.3, 0.4) is 0 Å². The molecular weight excluding hydrogens is 420 g/mol. The van der Waals surface area contributed by atoms with E-state index in [1.165, 1.54) is 5.56 Å². The Bertz CT molecular complexity index is 844. The van der Waals surface area contributed by atoms with E-state index < -0.39 is 0 Å². The van der Waals surface area contributed by atoms with E-state index in [1.54, 1.807) is 18.2 Å². The third kappa shape index (κ3) is 6.37. The van der Waals surface area contributed by atoms with Gasteiger partial charge in [0.25, 0.3) is 5.91 Å². The van der Waals surface area contributed by atoms with Crippen molar-refractivity contribution in [1.82, 2.24) is 0 Å². The molecule has 0 unspecified atom stereocenters. The van der Waals surface area contributed by atoms with Gasteiger partial charge >= 0.3 is 0 Å². The highest BCUT2D eigenvalue weighted by molar-refractivity contribution is 9.10. The summed E-state index contributed by atoms with van der Waals surface area (Å²) in [6.45, 7) is 8.22. The Morgan fingerprint density at radius 1 is 1.00 bits per heavy atom. The summed E-state index contributed by atoms with van der Waals surface area (Å²) in [5.41, 5.74) is 2.32. The number of halogens is 1. The number of hydrogen-bond acceptors (Lipinski definition) is 3. The lowest BCUT2D eigenvalue weighted by molar-refractivity contribution is -0.118. The SMILES string of the molecule is CCCC(=O)Nc1ccccc1NC(=O)COc1ccc(C(C)(C)C)cc1Br. The summed E-state index contributed by atoms with van der Waals surface area (Å²) in [7, 11) is 0. The summed E-state index contributed by atoms with van der Waals surface area (Å²) >= 11 is 3.51. The number of carbonyl (C=O) groups excluding carboxylic acids is 2. The fourth-order valence-corrected chi connectivity index (χ4v) is 3.05. The molecular formula is C22H27BrN2O3. The highest BCUT2D eigenvalue weighted by Crippen LogP contribution is 2.31. The molecule has 0 aliphatic rings. The van der Waals surface area contributed by atoms with Gasteiger partial charge in [-0.2, -0.15) is 0 Å². The smallest absolute Gasteiger partial charge is 0.262 e. The van der Waals surface area contributed by atoms with E-state index in [0.29, 0.717) is 23.5 Å². The number of carbonyl (C=O) groups is 2. The largest absolute Gasteiger partial charge is 0.483 e. The number of ether oxygens (including phenoxy) is 1. The molecule has 28 heavy (non-hydrogen) atoms. The van der Waals surface area contributed by atoms with Crippen LogP contribution in [0.2, 0.25) is 0 Å². The Morgan fingerprint density at radius 3 is 2.14 bits per heavy atom. The fourth-order valence-electron chi connectivity index (χ4n) is 2.55. The van der Waals surface area contributed by atoms with Crippen LogP contribution in [0, 0.1) is 0 Å².